The Labute approximate surface area is 107 Å². The van der Waals surface area contributed by atoms with Gasteiger partial charge in [0.1, 0.15) is 5.57 Å². The van der Waals surface area contributed by atoms with Crippen molar-refractivity contribution in [1.29, 1.82) is 0 Å². The molecule has 0 aliphatic carbocycles. The van der Waals surface area contributed by atoms with Gasteiger partial charge in [0.05, 0.1) is 0 Å². The van der Waals surface area contributed by atoms with E-state index in [1.54, 1.807) is 18.2 Å². The van der Waals surface area contributed by atoms with Gasteiger partial charge in [-0.2, -0.15) is 0 Å². The number of Topliss-reactive ketones (excluding diaryl/α,β-unsaturated/α-hetero) is 1. The van der Waals surface area contributed by atoms with Crippen LogP contribution in [0.25, 0.3) is 0 Å². The molecule has 1 aliphatic heterocycles. The molecule has 0 radical (unpaired) electrons. The van der Waals surface area contributed by atoms with Crippen LogP contribution in [0.3, 0.4) is 0 Å². The lowest BCUT2D eigenvalue weighted by molar-refractivity contribution is -0.612. The molecule has 1 heterocycles. The van der Waals surface area contributed by atoms with Gasteiger partial charge in [-0.1, -0.05) is 30.3 Å². The number of benzene rings is 1. The molecule has 2 amide bonds. The maximum absolute atomic E-state index is 12.1. The zero-order valence-corrected chi connectivity index (χ0v) is 9.82. The van der Waals surface area contributed by atoms with E-state index < -0.39 is 28.2 Å². The molecule has 1 aliphatic rings. The summed E-state index contributed by atoms with van der Waals surface area (Å²) in [5.41, 5.74) is -0.466. The van der Waals surface area contributed by atoms with Gasteiger partial charge in [-0.05, 0) is 6.92 Å². The van der Waals surface area contributed by atoms with E-state index >= 15 is 0 Å². The number of hydrazine groups is 1. The minimum atomic E-state index is -1.19. The lowest BCUT2D eigenvalue weighted by Crippen LogP contribution is -2.37. The molecule has 0 N–H and O–H groups in total. The lowest BCUT2D eigenvalue weighted by atomic mass is 10.0. The SMILES string of the molecule is CC1=C(C(=O)c2ccccc2)C(=O)N([N+](=O)[O-])C1=O. The fourth-order valence-corrected chi connectivity index (χ4v) is 1.77. The molecule has 0 spiro atoms. The topological polar surface area (TPSA) is 97.6 Å². The van der Waals surface area contributed by atoms with Gasteiger partial charge >= 0.3 is 11.8 Å². The predicted molar refractivity (Wildman–Crippen MR) is 62.3 cm³/mol. The summed E-state index contributed by atoms with van der Waals surface area (Å²) in [6, 6.07) is 7.80. The summed E-state index contributed by atoms with van der Waals surface area (Å²) in [6.07, 6.45) is 0. The zero-order chi connectivity index (χ0) is 14.2. The van der Waals surface area contributed by atoms with Crippen molar-refractivity contribution in [2.45, 2.75) is 6.92 Å². The number of rotatable bonds is 3. The first-order chi connectivity index (χ1) is 8.95. The molecule has 0 atom stereocenters. The Morgan fingerprint density at radius 2 is 1.74 bits per heavy atom. The average molecular weight is 260 g/mol. The first-order valence-electron chi connectivity index (χ1n) is 5.29. The van der Waals surface area contributed by atoms with Crippen LogP contribution in [0, 0.1) is 10.1 Å². The highest BCUT2D eigenvalue weighted by Crippen LogP contribution is 2.23. The van der Waals surface area contributed by atoms with Crippen LogP contribution in [-0.4, -0.2) is 27.6 Å². The zero-order valence-electron chi connectivity index (χ0n) is 9.82. The standard InChI is InChI=1S/C12H8N2O5/c1-7-9(10(15)8-5-3-2-4-6-8)12(17)13(11(7)16)14(18)19/h2-6H,1H3. The summed E-state index contributed by atoms with van der Waals surface area (Å²) < 4.78 is 0. The number of nitrogens with zero attached hydrogens (tertiary/aromatic N) is 2. The van der Waals surface area contributed by atoms with Crippen LogP contribution in [-0.2, 0) is 9.59 Å². The summed E-state index contributed by atoms with van der Waals surface area (Å²) in [7, 11) is 0. The van der Waals surface area contributed by atoms with E-state index in [0.717, 1.165) is 0 Å². The van der Waals surface area contributed by atoms with Crippen LogP contribution in [0.4, 0.5) is 0 Å². The van der Waals surface area contributed by atoms with E-state index in [9.17, 15) is 24.5 Å². The van der Waals surface area contributed by atoms with Gasteiger partial charge < -0.3 is 0 Å². The van der Waals surface area contributed by atoms with Crippen LogP contribution in [0.2, 0.25) is 0 Å². The predicted octanol–water partition coefficient (Wildman–Crippen LogP) is 0.746. The Morgan fingerprint density at radius 3 is 2.21 bits per heavy atom. The lowest BCUT2D eigenvalue weighted by Gasteiger charge is -2.02. The third-order valence-corrected chi connectivity index (χ3v) is 2.72. The normalized spacial score (nSPS) is 15.1. The molecular formula is C12H8N2O5. The van der Waals surface area contributed by atoms with E-state index in [0.29, 0.717) is 0 Å². The highest BCUT2D eigenvalue weighted by molar-refractivity contribution is 6.34. The van der Waals surface area contributed by atoms with Gasteiger partial charge in [-0.25, -0.2) is 10.1 Å². The molecule has 96 valence electrons. The Morgan fingerprint density at radius 1 is 1.16 bits per heavy atom. The molecule has 0 bridgehead atoms. The monoisotopic (exact) mass is 260 g/mol. The molecule has 7 nitrogen and oxygen atoms in total. The number of nitro groups is 1. The molecule has 0 aromatic heterocycles. The van der Waals surface area contributed by atoms with Crippen molar-refractivity contribution in [3.63, 3.8) is 0 Å². The first-order valence-corrected chi connectivity index (χ1v) is 5.29. The number of carbonyl (C=O) groups excluding carboxylic acids is 3. The fraction of sp³-hybridized carbons (Fsp3) is 0.0833. The average Bonchev–Trinajstić information content (AvgIpc) is 2.60. The van der Waals surface area contributed by atoms with Gasteiger partial charge in [0.2, 0.25) is 0 Å². The van der Waals surface area contributed by atoms with Crippen LogP contribution < -0.4 is 0 Å². The van der Waals surface area contributed by atoms with Gasteiger partial charge in [0.25, 0.3) is 0 Å². The second kappa shape index (κ2) is 4.45. The summed E-state index contributed by atoms with van der Waals surface area (Å²) in [5.74, 6) is -2.96. The van der Waals surface area contributed by atoms with Gasteiger partial charge in [-0.3, -0.25) is 14.4 Å². The molecule has 1 aromatic rings. The third-order valence-electron chi connectivity index (χ3n) is 2.72. The molecule has 0 saturated heterocycles. The third kappa shape index (κ3) is 1.90. The molecular weight excluding hydrogens is 252 g/mol. The fourth-order valence-electron chi connectivity index (χ4n) is 1.77. The van der Waals surface area contributed by atoms with Crippen LogP contribution in [0.5, 0.6) is 0 Å². The van der Waals surface area contributed by atoms with Gasteiger partial charge in [0, 0.05) is 16.1 Å². The number of ketones is 1. The van der Waals surface area contributed by atoms with Gasteiger partial charge in [-0.15, -0.1) is 0 Å². The largest absolute Gasteiger partial charge is 0.328 e. The Kier molecular flexibility index (Phi) is 2.95. The van der Waals surface area contributed by atoms with E-state index in [4.69, 9.17) is 0 Å². The van der Waals surface area contributed by atoms with E-state index in [-0.39, 0.29) is 16.1 Å². The molecule has 2 rings (SSSR count). The Bertz CT molecular complexity index is 633. The Balaban J connectivity index is 2.46. The molecule has 0 saturated carbocycles. The van der Waals surface area contributed by atoms with Crippen molar-refractivity contribution in [1.82, 2.24) is 5.01 Å². The van der Waals surface area contributed by atoms with Crippen LogP contribution in [0.1, 0.15) is 17.3 Å². The number of amides is 2. The number of hydrogen-bond acceptors (Lipinski definition) is 5. The summed E-state index contributed by atoms with van der Waals surface area (Å²) in [4.78, 5) is 46.0. The molecule has 0 fully saturated rings. The summed E-state index contributed by atoms with van der Waals surface area (Å²) in [6.45, 7) is 1.22. The first kappa shape index (κ1) is 12.6. The van der Waals surface area contributed by atoms with E-state index in [1.165, 1.54) is 19.1 Å². The van der Waals surface area contributed by atoms with E-state index in [2.05, 4.69) is 0 Å². The van der Waals surface area contributed by atoms with Crippen molar-refractivity contribution in [2.24, 2.45) is 0 Å². The highest BCUT2D eigenvalue weighted by Gasteiger charge is 2.47. The van der Waals surface area contributed by atoms with Crippen LogP contribution in [0.15, 0.2) is 41.5 Å². The van der Waals surface area contributed by atoms with Crippen molar-refractivity contribution >= 4 is 17.6 Å². The second-order valence-electron chi connectivity index (χ2n) is 3.86. The number of carbonyl (C=O) groups is 3. The van der Waals surface area contributed by atoms with E-state index in [1.807, 2.05) is 0 Å². The van der Waals surface area contributed by atoms with Gasteiger partial charge in [0.15, 0.2) is 10.8 Å². The van der Waals surface area contributed by atoms with Crippen molar-refractivity contribution in [3.05, 3.63) is 57.2 Å². The van der Waals surface area contributed by atoms with Crippen LogP contribution >= 0.6 is 0 Å². The van der Waals surface area contributed by atoms with Crippen molar-refractivity contribution < 1.29 is 19.4 Å². The maximum atomic E-state index is 12.1. The number of hydrogen-bond donors (Lipinski definition) is 0. The highest BCUT2D eigenvalue weighted by atomic mass is 16.7. The van der Waals surface area contributed by atoms with Crippen molar-refractivity contribution in [3.8, 4) is 0 Å². The Hall–Kier alpha value is -2.83. The number of imide groups is 1. The summed E-state index contributed by atoms with van der Waals surface area (Å²) >= 11 is 0. The molecule has 0 unspecified atom stereocenters. The molecule has 19 heavy (non-hydrogen) atoms. The second-order valence-corrected chi connectivity index (χ2v) is 3.86. The minimum Gasteiger partial charge on any atom is -0.288 e. The smallest absolute Gasteiger partial charge is 0.288 e. The maximum Gasteiger partial charge on any atom is 0.328 e. The molecule has 1 aromatic carbocycles. The minimum absolute atomic E-state index is 0.147. The van der Waals surface area contributed by atoms with Crippen molar-refractivity contribution in [2.75, 3.05) is 0 Å². The molecule has 7 heteroatoms. The quantitative estimate of drug-likeness (QED) is 0.262. The summed E-state index contributed by atoms with van der Waals surface area (Å²) in [5, 5.41) is 9.35.